The monoisotopic (exact) mass is 214 g/mol. The highest BCUT2D eigenvalue weighted by molar-refractivity contribution is 5.74. The molecule has 2 atom stereocenters. The molecule has 0 spiro atoms. The highest BCUT2D eigenvalue weighted by Gasteiger charge is 2.17. The van der Waals surface area contributed by atoms with Crippen LogP contribution in [0.15, 0.2) is 0 Å². The number of ether oxygens (including phenoxy) is 1. The molecule has 88 valence electrons. The molecule has 4 nitrogen and oxygen atoms in total. The van der Waals surface area contributed by atoms with Crippen LogP contribution in [0, 0.1) is 5.92 Å². The second kappa shape index (κ2) is 6.80. The Morgan fingerprint density at radius 3 is 3.00 bits per heavy atom. The Kier molecular flexibility index (Phi) is 5.65. The van der Waals surface area contributed by atoms with E-state index in [4.69, 9.17) is 10.5 Å². The third-order valence-electron chi connectivity index (χ3n) is 2.86. The molecule has 1 aliphatic carbocycles. The zero-order valence-corrected chi connectivity index (χ0v) is 9.50. The summed E-state index contributed by atoms with van der Waals surface area (Å²) >= 11 is 0. The van der Waals surface area contributed by atoms with Crippen LogP contribution < -0.4 is 11.1 Å². The third-order valence-corrected chi connectivity index (χ3v) is 2.86. The second-order valence-electron chi connectivity index (χ2n) is 4.44. The number of amides is 1. The van der Waals surface area contributed by atoms with E-state index in [0.29, 0.717) is 12.6 Å². The van der Waals surface area contributed by atoms with Crippen molar-refractivity contribution in [2.24, 2.45) is 11.7 Å². The molecule has 1 fully saturated rings. The lowest BCUT2D eigenvalue weighted by molar-refractivity contribution is -0.122. The van der Waals surface area contributed by atoms with Gasteiger partial charge in [-0.25, -0.2) is 0 Å². The van der Waals surface area contributed by atoms with Crippen LogP contribution in [0.4, 0.5) is 0 Å². The first-order valence-corrected chi connectivity index (χ1v) is 5.78. The molecule has 2 unspecified atom stereocenters. The first-order chi connectivity index (χ1) is 7.18. The molecular weight excluding hydrogens is 192 g/mol. The molecule has 0 bridgehead atoms. The fourth-order valence-corrected chi connectivity index (χ4v) is 2.13. The van der Waals surface area contributed by atoms with Gasteiger partial charge in [-0.15, -0.1) is 0 Å². The van der Waals surface area contributed by atoms with Gasteiger partial charge in [0, 0.05) is 12.6 Å². The lowest BCUT2D eigenvalue weighted by Gasteiger charge is -2.27. The number of nitrogens with two attached hydrogens (primary N) is 1. The summed E-state index contributed by atoms with van der Waals surface area (Å²) in [6.07, 6.45) is 5.20. The topological polar surface area (TPSA) is 64.3 Å². The lowest BCUT2D eigenvalue weighted by Crippen LogP contribution is -2.36. The normalized spacial score (nSPS) is 26.5. The summed E-state index contributed by atoms with van der Waals surface area (Å²) in [7, 11) is 0. The zero-order valence-electron chi connectivity index (χ0n) is 9.50. The highest BCUT2D eigenvalue weighted by Crippen LogP contribution is 2.23. The van der Waals surface area contributed by atoms with Crippen molar-refractivity contribution < 1.29 is 9.53 Å². The maximum absolute atomic E-state index is 10.4. The largest absolute Gasteiger partial charge is 0.370 e. The summed E-state index contributed by atoms with van der Waals surface area (Å²) in [6.45, 7) is 3.71. The molecule has 0 aromatic rings. The quantitative estimate of drug-likeness (QED) is 0.638. The molecule has 0 saturated heterocycles. The molecule has 1 rings (SSSR count). The smallest absolute Gasteiger partial charge is 0.243 e. The van der Waals surface area contributed by atoms with Gasteiger partial charge >= 0.3 is 0 Å². The Hall–Kier alpha value is -0.610. The van der Waals surface area contributed by atoms with E-state index in [1.807, 2.05) is 0 Å². The van der Waals surface area contributed by atoms with E-state index in [-0.39, 0.29) is 6.61 Å². The van der Waals surface area contributed by atoms with Crippen LogP contribution in [-0.4, -0.2) is 31.7 Å². The van der Waals surface area contributed by atoms with Gasteiger partial charge in [0.25, 0.3) is 0 Å². The number of carbonyl (C=O) groups is 1. The fraction of sp³-hybridized carbons (Fsp3) is 0.909. The van der Waals surface area contributed by atoms with E-state index in [9.17, 15) is 4.79 Å². The van der Waals surface area contributed by atoms with Crippen LogP contribution in [-0.2, 0) is 9.53 Å². The van der Waals surface area contributed by atoms with E-state index in [0.717, 1.165) is 12.5 Å². The van der Waals surface area contributed by atoms with Crippen LogP contribution in [0.1, 0.15) is 32.6 Å². The average molecular weight is 214 g/mol. The van der Waals surface area contributed by atoms with Gasteiger partial charge in [0.15, 0.2) is 0 Å². The maximum atomic E-state index is 10.4. The first-order valence-electron chi connectivity index (χ1n) is 5.78. The Balaban J connectivity index is 1.97. The number of carbonyl (C=O) groups excluding carboxylic acids is 1. The number of nitrogens with one attached hydrogen (secondary N) is 1. The summed E-state index contributed by atoms with van der Waals surface area (Å²) < 4.78 is 5.08. The number of hydrogen-bond acceptors (Lipinski definition) is 3. The summed E-state index contributed by atoms with van der Waals surface area (Å²) in [5.74, 6) is 0.434. The number of hydrogen-bond donors (Lipinski definition) is 2. The molecule has 0 aliphatic heterocycles. The van der Waals surface area contributed by atoms with Gasteiger partial charge < -0.3 is 15.8 Å². The minimum atomic E-state index is -0.402. The standard InChI is InChI=1S/C11H22N2O2/c1-9-3-2-4-10(7-9)13-5-6-15-8-11(12)14/h9-10,13H,2-8H2,1H3,(H2,12,14). The van der Waals surface area contributed by atoms with Gasteiger partial charge in [-0.3, -0.25) is 4.79 Å². The van der Waals surface area contributed by atoms with Crippen molar-refractivity contribution in [2.45, 2.75) is 38.6 Å². The van der Waals surface area contributed by atoms with Crippen molar-refractivity contribution >= 4 is 5.91 Å². The predicted octanol–water partition coefficient (Wildman–Crippen LogP) is 0.657. The van der Waals surface area contributed by atoms with E-state index in [1.54, 1.807) is 0 Å². The van der Waals surface area contributed by atoms with E-state index in [1.165, 1.54) is 25.7 Å². The van der Waals surface area contributed by atoms with Crippen molar-refractivity contribution in [1.29, 1.82) is 0 Å². The molecule has 0 aromatic carbocycles. The molecule has 0 heterocycles. The van der Waals surface area contributed by atoms with Gasteiger partial charge in [0.1, 0.15) is 6.61 Å². The lowest BCUT2D eigenvalue weighted by atomic mass is 9.87. The molecule has 1 aliphatic rings. The Bertz CT molecular complexity index is 197. The minimum Gasteiger partial charge on any atom is -0.370 e. The molecule has 1 saturated carbocycles. The highest BCUT2D eigenvalue weighted by atomic mass is 16.5. The first kappa shape index (κ1) is 12.5. The Morgan fingerprint density at radius 2 is 2.33 bits per heavy atom. The second-order valence-corrected chi connectivity index (χ2v) is 4.44. The zero-order chi connectivity index (χ0) is 11.1. The van der Waals surface area contributed by atoms with Gasteiger partial charge in [-0.2, -0.15) is 0 Å². The van der Waals surface area contributed by atoms with Gasteiger partial charge in [0.2, 0.25) is 5.91 Å². The van der Waals surface area contributed by atoms with Crippen LogP contribution in [0.2, 0.25) is 0 Å². The summed E-state index contributed by atoms with van der Waals surface area (Å²) in [5, 5.41) is 3.45. The maximum Gasteiger partial charge on any atom is 0.243 e. The van der Waals surface area contributed by atoms with Gasteiger partial charge in [-0.1, -0.05) is 19.8 Å². The molecule has 0 radical (unpaired) electrons. The van der Waals surface area contributed by atoms with Crippen LogP contribution in [0.3, 0.4) is 0 Å². The van der Waals surface area contributed by atoms with Crippen LogP contribution in [0.25, 0.3) is 0 Å². The average Bonchev–Trinajstić information content (AvgIpc) is 2.17. The van der Waals surface area contributed by atoms with E-state index < -0.39 is 5.91 Å². The van der Waals surface area contributed by atoms with E-state index >= 15 is 0 Å². The van der Waals surface area contributed by atoms with Crippen molar-refractivity contribution in [3.05, 3.63) is 0 Å². The van der Waals surface area contributed by atoms with Crippen molar-refractivity contribution in [1.82, 2.24) is 5.32 Å². The number of primary amides is 1. The molecule has 4 heteroatoms. The predicted molar refractivity (Wildman–Crippen MR) is 59.4 cm³/mol. The van der Waals surface area contributed by atoms with Crippen LogP contribution in [0.5, 0.6) is 0 Å². The summed E-state index contributed by atoms with van der Waals surface area (Å²) in [5.41, 5.74) is 4.95. The minimum absolute atomic E-state index is 0.0305. The van der Waals surface area contributed by atoms with Crippen molar-refractivity contribution in [3.8, 4) is 0 Å². The van der Waals surface area contributed by atoms with Gasteiger partial charge in [-0.05, 0) is 18.8 Å². The van der Waals surface area contributed by atoms with Crippen LogP contribution >= 0.6 is 0 Å². The Labute approximate surface area is 91.5 Å². The SMILES string of the molecule is CC1CCCC(NCCOCC(N)=O)C1. The summed E-state index contributed by atoms with van der Waals surface area (Å²) in [6, 6.07) is 0.630. The van der Waals surface area contributed by atoms with Gasteiger partial charge in [0.05, 0.1) is 6.61 Å². The molecule has 3 N–H and O–H groups in total. The molecular formula is C11H22N2O2. The molecule has 1 amide bonds. The van der Waals surface area contributed by atoms with Crippen molar-refractivity contribution in [3.63, 3.8) is 0 Å². The number of rotatable bonds is 6. The Morgan fingerprint density at radius 1 is 1.53 bits per heavy atom. The third kappa shape index (κ3) is 5.74. The molecule has 15 heavy (non-hydrogen) atoms. The molecule has 0 aromatic heterocycles. The van der Waals surface area contributed by atoms with Crippen molar-refractivity contribution in [2.75, 3.05) is 19.8 Å². The fourth-order valence-electron chi connectivity index (χ4n) is 2.13. The van der Waals surface area contributed by atoms with E-state index in [2.05, 4.69) is 12.2 Å². The summed E-state index contributed by atoms with van der Waals surface area (Å²) in [4.78, 5) is 10.4.